The maximum absolute atomic E-state index is 11.2. The van der Waals surface area contributed by atoms with Crippen LogP contribution in [0.5, 0.6) is 0 Å². The van der Waals surface area contributed by atoms with E-state index in [-0.39, 0.29) is 0 Å². The number of carboxylic acids is 1. The maximum Gasteiger partial charge on any atom is 0.315 e. The van der Waals surface area contributed by atoms with E-state index >= 15 is 0 Å². The van der Waals surface area contributed by atoms with Crippen molar-refractivity contribution in [2.75, 3.05) is 5.32 Å². The summed E-state index contributed by atoms with van der Waals surface area (Å²) in [5.41, 5.74) is -0.261. The molecule has 0 aliphatic heterocycles. The highest BCUT2D eigenvalue weighted by atomic mass is 32.1. The van der Waals surface area contributed by atoms with Crippen LogP contribution in [0.25, 0.3) is 0 Å². The van der Waals surface area contributed by atoms with Crippen LogP contribution in [-0.2, 0) is 10.2 Å². The number of carbonyl (C=O) groups is 1. The van der Waals surface area contributed by atoms with Crippen LogP contribution >= 0.6 is 11.3 Å². The van der Waals surface area contributed by atoms with Gasteiger partial charge in [-0.2, -0.15) is 0 Å². The summed E-state index contributed by atoms with van der Waals surface area (Å²) in [6.07, 6.45) is 5.31. The van der Waals surface area contributed by atoms with Gasteiger partial charge in [0, 0.05) is 11.4 Å². The van der Waals surface area contributed by atoms with E-state index in [0.29, 0.717) is 11.7 Å². The van der Waals surface area contributed by atoms with E-state index in [0.717, 1.165) is 17.0 Å². The van der Waals surface area contributed by atoms with Crippen molar-refractivity contribution in [3.05, 3.63) is 11.1 Å². The second-order valence-corrected chi connectivity index (χ2v) is 7.17. The lowest BCUT2D eigenvalue weighted by atomic mass is 9.90. The van der Waals surface area contributed by atoms with Gasteiger partial charge in [-0.15, -0.1) is 11.3 Å². The van der Waals surface area contributed by atoms with Crippen molar-refractivity contribution in [1.29, 1.82) is 0 Å². The van der Waals surface area contributed by atoms with E-state index in [1.807, 2.05) is 5.38 Å². The number of nitrogens with one attached hydrogen (secondary N) is 1. The fraction of sp³-hybridized carbons (Fsp3) is 0.714. The van der Waals surface area contributed by atoms with E-state index in [2.05, 4.69) is 10.3 Å². The summed E-state index contributed by atoms with van der Waals surface area (Å²) < 4.78 is 0. The molecule has 2 saturated carbocycles. The molecule has 3 rings (SSSR count). The molecule has 2 fully saturated rings. The molecule has 5 heteroatoms. The molecule has 4 nitrogen and oxygen atoms in total. The molecule has 0 unspecified atom stereocenters. The van der Waals surface area contributed by atoms with E-state index in [9.17, 15) is 9.90 Å². The van der Waals surface area contributed by atoms with Crippen molar-refractivity contribution < 1.29 is 9.90 Å². The lowest BCUT2D eigenvalue weighted by Crippen LogP contribution is -2.29. The van der Waals surface area contributed by atoms with Gasteiger partial charge < -0.3 is 10.4 Å². The first-order valence-corrected chi connectivity index (χ1v) is 7.82. The highest BCUT2D eigenvalue weighted by Crippen LogP contribution is 2.46. The molecule has 0 spiro atoms. The molecule has 0 saturated heterocycles. The predicted molar refractivity (Wildman–Crippen MR) is 75.6 cm³/mol. The number of nitrogens with zero attached hydrogens (tertiary/aromatic N) is 1. The van der Waals surface area contributed by atoms with E-state index < -0.39 is 11.4 Å². The smallest absolute Gasteiger partial charge is 0.315 e. The average molecular weight is 280 g/mol. The second kappa shape index (κ2) is 4.47. The highest BCUT2D eigenvalue weighted by Gasteiger charge is 2.42. The zero-order chi connectivity index (χ0) is 13.6. The summed E-state index contributed by atoms with van der Waals surface area (Å²) in [6.45, 7) is 3.40. The Morgan fingerprint density at radius 2 is 2.00 bits per heavy atom. The topological polar surface area (TPSA) is 62.2 Å². The SMILES string of the molecule is CC(C)(C(=O)O)c1csc(NC(C2CC2)C2CC2)n1. The zero-order valence-electron chi connectivity index (χ0n) is 11.3. The molecular formula is C14H20N2O2S. The summed E-state index contributed by atoms with van der Waals surface area (Å²) in [5.74, 6) is 0.796. The third-order valence-electron chi connectivity index (χ3n) is 4.23. The molecule has 1 heterocycles. The summed E-state index contributed by atoms with van der Waals surface area (Å²) >= 11 is 1.53. The van der Waals surface area contributed by atoms with Crippen LogP contribution in [0.1, 0.15) is 45.2 Å². The minimum absolute atomic E-state index is 0.562. The molecule has 1 aromatic heterocycles. The monoisotopic (exact) mass is 280 g/mol. The number of aliphatic carboxylic acids is 1. The molecule has 1 aromatic rings. The molecule has 2 aliphatic rings. The quantitative estimate of drug-likeness (QED) is 0.840. The molecule has 104 valence electrons. The summed E-state index contributed by atoms with van der Waals surface area (Å²) in [7, 11) is 0. The Labute approximate surface area is 117 Å². The number of aromatic nitrogens is 1. The van der Waals surface area contributed by atoms with Crippen LogP contribution in [0, 0.1) is 11.8 Å². The third-order valence-corrected chi connectivity index (χ3v) is 5.00. The Morgan fingerprint density at radius 3 is 2.47 bits per heavy atom. The molecule has 0 atom stereocenters. The Kier molecular flexibility index (Phi) is 3.04. The van der Waals surface area contributed by atoms with Gasteiger partial charge in [0.15, 0.2) is 5.13 Å². The molecule has 0 bridgehead atoms. The molecule has 0 aromatic carbocycles. The standard InChI is InChI=1S/C14H20N2O2S/c1-14(2,12(17)18)10-7-19-13(15-10)16-11(8-3-4-8)9-5-6-9/h7-9,11H,3-6H2,1-2H3,(H,15,16)(H,17,18). The van der Waals surface area contributed by atoms with Gasteiger partial charge in [-0.05, 0) is 51.4 Å². The first-order valence-electron chi connectivity index (χ1n) is 6.94. The van der Waals surface area contributed by atoms with Crippen molar-refractivity contribution in [3.8, 4) is 0 Å². The summed E-state index contributed by atoms with van der Waals surface area (Å²) in [5, 5.41) is 15.5. The fourth-order valence-electron chi connectivity index (χ4n) is 2.41. The Morgan fingerprint density at radius 1 is 1.42 bits per heavy atom. The van der Waals surface area contributed by atoms with Gasteiger partial charge in [0.2, 0.25) is 0 Å². The highest BCUT2D eigenvalue weighted by molar-refractivity contribution is 7.13. The van der Waals surface area contributed by atoms with Crippen LogP contribution < -0.4 is 5.32 Å². The largest absolute Gasteiger partial charge is 0.481 e. The van der Waals surface area contributed by atoms with Crippen molar-refractivity contribution >= 4 is 22.4 Å². The van der Waals surface area contributed by atoms with Crippen LogP contribution in [0.15, 0.2) is 5.38 Å². The van der Waals surface area contributed by atoms with E-state index in [1.165, 1.54) is 37.0 Å². The van der Waals surface area contributed by atoms with Crippen molar-refractivity contribution in [2.45, 2.75) is 51.0 Å². The second-order valence-electron chi connectivity index (χ2n) is 6.31. The first-order chi connectivity index (χ1) is 8.98. The first kappa shape index (κ1) is 12.9. The van der Waals surface area contributed by atoms with Crippen LogP contribution in [0.2, 0.25) is 0 Å². The van der Waals surface area contributed by atoms with Crippen molar-refractivity contribution in [2.24, 2.45) is 11.8 Å². The Balaban J connectivity index is 1.72. The molecule has 0 radical (unpaired) electrons. The van der Waals surface area contributed by atoms with E-state index in [1.54, 1.807) is 13.8 Å². The maximum atomic E-state index is 11.2. The Hall–Kier alpha value is -1.10. The number of hydrogen-bond donors (Lipinski definition) is 2. The minimum Gasteiger partial charge on any atom is -0.481 e. The third kappa shape index (κ3) is 2.61. The molecule has 2 aliphatic carbocycles. The number of thiazole rings is 1. The number of anilines is 1. The van der Waals surface area contributed by atoms with Crippen LogP contribution in [0.4, 0.5) is 5.13 Å². The van der Waals surface area contributed by atoms with Crippen molar-refractivity contribution in [3.63, 3.8) is 0 Å². The normalized spacial score (nSPS) is 19.7. The number of rotatable bonds is 6. The van der Waals surface area contributed by atoms with Gasteiger partial charge in [-0.25, -0.2) is 4.98 Å². The number of hydrogen-bond acceptors (Lipinski definition) is 4. The van der Waals surface area contributed by atoms with Gasteiger partial charge in [0.1, 0.15) is 5.41 Å². The summed E-state index contributed by atoms with van der Waals surface area (Å²) in [4.78, 5) is 15.7. The summed E-state index contributed by atoms with van der Waals surface area (Å²) in [6, 6.07) is 0.562. The average Bonchev–Trinajstić information content (AvgIpc) is 3.26. The van der Waals surface area contributed by atoms with Gasteiger partial charge in [-0.1, -0.05) is 0 Å². The fourth-order valence-corrected chi connectivity index (χ4v) is 3.34. The van der Waals surface area contributed by atoms with Gasteiger partial charge in [0.25, 0.3) is 0 Å². The van der Waals surface area contributed by atoms with Crippen molar-refractivity contribution in [1.82, 2.24) is 4.98 Å². The molecule has 2 N–H and O–H groups in total. The lowest BCUT2D eigenvalue weighted by Gasteiger charge is -2.18. The van der Waals surface area contributed by atoms with Gasteiger partial charge >= 0.3 is 5.97 Å². The zero-order valence-corrected chi connectivity index (χ0v) is 12.2. The van der Waals surface area contributed by atoms with Crippen LogP contribution in [0.3, 0.4) is 0 Å². The van der Waals surface area contributed by atoms with Gasteiger partial charge in [-0.3, -0.25) is 4.79 Å². The van der Waals surface area contributed by atoms with Crippen LogP contribution in [-0.4, -0.2) is 22.1 Å². The predicted octanol–water partition coefficient (Wildman–Crippen LogP) is 3.11. The molecule has 19 heavy (non-hydrogen) atoms. The molecule has 0 amide bonds. The van der Waals surface area contributed by atoms with Gasteiger partial charge in [0.05, 0.1) is 5.69 Å². The Bertz CT molecular complexity index is 477. The lowest BCUT2D eigenvalue weighted by molar-refractivity contribution is -0.142. The molecular weight excluding hydrogens is 260 g/mol. The minimum atomic E-state index is -0.912. The van der Waals surface area contributed by atoms with E-state index in [4.69, 9.17) is 0 Å². The number of carboxylic acid groups (broad SMARTS) is 1.